The number of thiocarbonyl (C=S) groups is 1. The SMILES string of the molecule is CCNC(=S)N1CCN(S(=O)(=O)c2ccc(OC(F)(F)F)cc2)CC1. The van der Waals surface area contributed by atoms with Crippen molar-refractivity contribution >= 4 is 27.4 Å². The third-order valence-corrected chi connectivity index (χ3v) is 5.86. The van der Waals surface area contributed by atoms with Gasteiger partial charge in [-0.05, 0) is 43.4 Å². The summed E-state index contributed by atoms with van der Waals surface area (Å²) in [7, 11) is -3.78. The van der Waals surface area contributed by atoms with Crippen molar-refractivity contribution in [2.75, 3.05) is 32.7 Å². The minimum atomic E-state index is -4.82. The van der Waals surface area contributed by atoms with Gasteiger partial charge >= 0.3 is 6.36 Å². The highest BCUT2D eigenvalue weighted by Crippen LogP contribution is 2.25. The lowest BCUT2D eigenvalue weighted by atomic mass is 10.3. The Morgan fingerprint density at radius 1 is 1.20 bits per heavy atom. The Labute approximate surface area is 149 Å². The van der Waals surface area contributed by atoms with Crippen LogP contribution in [0, 0.1) is 0 Å². The number of nitrogens with zero attached hydrogens (tertiary/aromatic N) is 2. The molecule has 1 aromatic carbocycles. The molecule has 140 valence electrons. The van der Waals surface area contributed by atoms with Gasteiger partial charge in [0.1, 0.15) is 5.75 Å². The summed E-state index contributed by atoms with van der Waals surface area (Å²) in [6, 6.07) is 4.17. The van der Waals surface area contributed by atoms with Crippen LogP contribution in [-0.2, 0) is 10.0 Å². The minimum absolute atomic E-state index is 0.0789. The molecule has 0 saturated carbocycles. The topological polar surface area (TPSA) is 61.9 Å². The molecule has 1 aromatic rings. The molecule has 0 radical (unpaired) electrons. The molecule has 1 aliphatic rings. The molecule has 0 spiro atoms. The molecule has 1 aliphatic heterocycles. The van der Waals surface area contributed by atoms with Gasteiger partial charge in [0, 0.05) is 32.7 Å². The number of alkyl halides is 3. The predicted octanol–water partition coefficient (Wildman–Crippen LogP) is 1.79. The van der Waals surface area contributed by atoms with Gasteiger partial charge < -0.3 is 15.0 Å². The first-order valence-corrected chi connectivity index (χ1v) is 9.37. The normalized spacial score (nSPS) is 16.6. The van der Waals surface area contributed by atoms with E-state index in [1.807, 2.05) is 11.8 Å². The molecule has 0 unspecified atom stereocenters. The van der Waals surface area contributed by atoms with E-state index in [0.29, 0.717) is 24.7 Å². The second-order valence-electron chi connectivity index (χ2n) is 5.25. The third kappa shape index (κ3) is 5.19. The maximum Gasteiger partial charge on any atom is 0.573 e. The Balaban J connectivity index is 2.03. The molecule has 2 rings (SSSR count). The Morgan fingerprint density at radius 2 is 1.76 bits per heavy atom. The van der Waals surface area contributed by atoms with Gasteiger partial charge in [-0.1, -0.05) is 0 Å². The highest BCUT2D eigenvalue weighted by atomic mass is 32.2. The van der Waals surface area contributed by atoms with Gasteiger partial charge in [0.25, 0.3) is 0 Å². The summed E-state index contributed by atoms with van der Waals surface area (Å²) >= 11 is 5.20. The summed E-state index contributed by atoms with van der Waals surface area (Å²) in [5.74, 6) is -0.466. The molecule has 0 aromatic heterocycles. The second kappa shape index (κ2) is 7.75. The van der Waals surface area contributed by atoms with E-state index in [9.17, 15) is 21.6 Å². The lowest BCUT2D eigenvalue weighted by molar-refractivity contribution is -0.274. The summed E-state index contributed by atoms with van der Waals surface area (Å²) in [4.78, 5) is 1.80. The lowest BCUT2D eigenvalue weighted by Crippen LogP contribution is -2.52. The van der Waals surface area contributed by atoms with Crippen molar-refractivity contribution in [3.8, 4) is 5.75 Å². The number of benzene rings is 1. The fourth-order valence-electron chi connectivity index (χ4n) is 2.36. The first-order chi connectivity index (χ1) is 11.6. The summed E-state index contributed by atoms with van der Waals surface area (Å²) in [6.45, 7) is 3.98. The van der Waals surface area contributed by atoms with Crippen LogP contribution in [0.5, 0.6) is 5.75 Å². The van der Waals surface area contributed by atoms with Crippen molar-refractivity contribution in [3.05, 3.63) is 24.3 Å². The van der Waals surface area contributed by atoms with Crippen molar-refractivity contribution in [3.63, 3.8) is 0 Å². The summed E-state index contributed by atoms with van der Waals surface area (Å²) < 4.78 is 66.7. The maximum absolute atomic E-state index is 12.6. The molecule has 0 aliphatic carbocycles. The monoisotopic (exact) mass is 397 g/mol. The van der Waals surface area contributed by atoms with Crippen LogP contribution < -0.4 is 10.1 Å². The van der Waals surface area contributed by atoms with E-state index in [1.54, 1.807) is 0 Å². The van der Waals surface area contributed by atoms with Crippen LogP contribution in [0.1, 0.15) is 6.92 Å². The highest BCUT2D eigenvalue weighted by Gasteiger charge is 2.32. The fraction of sp³-hybridized carbons (Fsp3) is 0.500. The molecule has 1 N–H and O–H groups in total. The van der Waals surface area contributed by atoms with Crippen LogP contribution in [0.25, 0.3) is 0 Å². The first kappa shape index (κ1) is 19.7. The Kier molecular flexibility index (Phi) is 6.12. The zero-order valence-corrected chi connectivity index (χ0v) is 15.0. The van der Waals surface area contributed by atoms with E-state index in [-0.39, 0.29) is 18.0 Å². The third-order valence-electron chi connectivity index (χ3n) is 3.55. The number of halogens is 3. The number of piperazine rings is 1. The molecule has 1 fully saturated rings. The molecule has 11 heteroatoms. The average Bonchev–Trinajstić information content (AvgIpc) is 2.54. The largest absolute Gasteiger partial charge is 0.573 e. The molecule has 0 atom stereocenters. The van der Waals surface area contributed by atoms with E-state index in [0.717, 1.165) is 24.3 Å². The lowest BCUT2D eigenvalue weighted by Gasteiger charge is -2.35. The van der Waals surface area contributed by atoms with Gasteiger partial charge in [0.2, 0.25) is 10.0 Å². The molecule has 6 nitrogen and oxygen atoms in total. The number of rotatable bonds is 4. The smallest absolute Gasteiger partial charge is 0.406 e. The molecule has 25 heavy (non-hydrogen) atoms. The molecule has 1 heterocycles. The summed E-state index contributed by atoms with van der Waals surface area (Å²) in [5, 5.41) is 3.59. The van der Waals surface area contributed by atoms with E-state index in [2.05, 4.69) is 10.1 Å². The zero-order chi connectivity index (χ0) is 18.7. The Hall–Kier alpha value is -1.59. The quantitative estimate of drug-likeness (QED) is 0.782. The van der Waals surface area contributed by atoms with Crippen LogP contribution in [0.3, 0.4) is 0 Å². The number of nitrogens with one attached hydrogen (secondary N) is 1. The van der Waals surface area contributed by atoms with Gasteiger partial charge in [0.15, 0.2) is 5.11 Å². The first-order valence-electron chi connectivity index (χ1n) is 7.52. The molecule has 0 bridgehead atoms. The van der Waals surface area contributed by atoms with Gasteiger partial charge in [0.05, 0.1) is 4.90 Å². The fourth-order valence-corrected chi connectivity index (χ4v) is 4.11. The predicted molar refractivity (Wildman–Crippen MR) is 89.7 cm³/mol. The standard InChI is InChI=1S/C14H18F3N3O3S2/c1-2-18-13(24)19-7-9-20(10-8-19)25(21,22)12-5-3-11(4-6-12)23-14(15,16)17/h3-6H,2,7-10H2,1H3,(H,18,24). The van der Waals surface area contributed by atoms with Crippen LogP contribution in [-0.4, -0.2) is 61.8 Å². The molecule has 0 amide bonds. The van der Waals surface area contributed by atoms with Crippen LogP contribution in [0.15, 0.2) is 29.2 Å². The van der Waals surface area contributed by atoms with Crippen molar-refractivity contribution < 1.29 is 26.3 Å². The summed E-state index contributed by atoms with van der Waals surface area (Å²) in [6.07, 6.45) is -4.82. The molecule has 1 saturated heterocycles. The number of hydrogen-bond donors (Lipinski definition) is 1. The van der Waals surface area contributed by atoms with Crippen LogP contribution >= 0.6 is 12.2 Å². The Morgan fingerprint density at radius 3 is 2.24 bits per heavy atom. The van der Waals surface area contributed by atoms with Gasteiger partial charge in [-0.3, -0.25) is 0 Å². The second-order valence-corrected chi connectivity index (χ2v) is 7.57. The summed E-state index contributed by atoms with van der Waals surface area (Å²) in [5.41, 5.74) is 0. The van der Waals surface area contributed by atoms with Gasteiger partial charge in [-0.25, -0.2) is 8.42 Å². The van der Waals surface area contributed by atoms with Gasteiger partial charge in [-0.15, -0.1) is 13.2 Å². The number of hydrogen-bond acceptors (Lipinski definition) is 4. The van der Waals surface area contributed by atoms with Gasteiger partial charge in [-0.2, -0.15) is 4.31 Å². The van der Waals surface area contributed by atoms with Crippen LogP contribution in [0.4, 0.5) is 13.2 Å². The maximum atomic E-state index is 12.6. The number of ether oxygens (including phenoxy) is 1. The zero-order valence-electron chi connectivity index (χ0n) is 13.4. The van der Waals surface area contributed by atoms with E-state index in [1.165, 1.54) is 4.31 Å². The number of sulfonamides is 1. The van der Waals surface area contributed by atoms with Crippen molar-refractivity contribution in [2.45, 2.75) is 18.2 Å². The minimum Gasteiger partial charge on any atom is -0.406 e. The van der Waals surface area contributed by atoms with Crippen molar-refractivity contribution in [1.82, 2.24) is 14.5 Å². The van der Waals surface area contributed by atoms with Crippen LogP contribution in [0.2, 0.25) is 0 Å². The Bertz CT molecular complexity index is 700. The molecular weight excluding hydrogens is 379 g/mol. The van der Waals surface area contributed by atoms with Crippen molar-refractivity contribution in [1.29, 1.82) is 0 Å². The van der Waals surface area contributed by atoms with E-state index >= 15 is 0 Å². The van der Waals surface area contributed by atoms with E-state index in [4.69, 9.17) is 12.2 Å². The van der Waals surface area contributed by atoms with Crippen molar-refractivity contribution in [2.24, 2.45) is 0 Å². The molecular formula is C14H18F3N3O3S2. The van der Waals surface area contributed by atoms with E-state index < -0.39 is 22.1 Å². The highest BCUT2D eigenvalue weighted by molar-refractivity contribution is 7.89. The average molecular weight is 397 g/mol.